The third-order valence-corrected chi connectivity index (χ3v) is 2.42. The Bertz CT molecular complexity index is 327. The number of rotatable bonds is 5. The van der Waals surface area contributed by atoms with Crippen LogP contribution in [-0.4, -0.2) is 24.1 Å². The van der Waals surface area contributed by atoms with E-state index in [9.17, 15) is 4.79 Å². The van der Waals surface area contributed by atoms with Gasteiger partial charge in [-0.2, -0.15) is 0 Å². The van der Waals surface area contributed by atoms with Crippen LogP contribution >= 0.6 is 0 Å². The predicted molar refractivity (Wildman–Crippen MR) is 61.9 cm³/mol. The predicted octanol–water partition coefficient (Wildman–Crippen LogP) is 1.68. The summed E-state index contributed by atoms with van der Waals surface area (Å²) in [6, 6.07) is 4.17. The molecule has 0 aliphatic carbocycles. The lowest BCUT2D eigenvalue weighted by Gasteiger charge is -2.19. The van der Waals surface area contributed by atoms with E-state index in [-0.39, 0.29) is 18.1 Å². The Balaban J connectivity index is 2.45. The maximum absolute atomic E-state index is 11.1. The number of nitrogens with one attached hydrogen (secondary N) is 1. The van der Waals surface area contributed by atoms with Gasteiger partial charge in [0, 0.05) is 24.5 Å². The molecule has 0 amide bonds. The van der Waals surface area contributed by atoms with Crippen LogP contribution in [-0.2, 0) is 9.53 Å². The van der Waals surface area contributed by atoms with E-state index in [0.29, 0.717) is 6.42 Å². The van der Waals surface area contributed by atoms with Gasteiger partial charge in [-0.25, -0.2) is 0 Å². The van der Waals surface area contributed by atoms with Gasteiger partial charge in [-0.1, -0.05) is 6.07 Å². The lowest BCUT2D eigenvalue weighted by molar-refractivity contribution is -0.141. The first-order valence-electron chi connectivity index (χ1n) is 5.36. The molecule has 16 heavy (non-hydrogen) atoms. The Morgan fingerprint density at radius 1 is 1.56 bits per heavy atom. The Morgan fingerprint density at radius 3 is 2.88 bits per heavy atom. The molecule has 1 rings (SSSR count). The number of hydrogen-bond donors (Lipinski definition) is 1. The molecule has 4 nitrogen and oxygen atoms in total. The minimum Gasteiger partial charge on any atom is -0.469 e. The van der Waals surface area contributed by atoms with Crippen molar-refractivity contribution in [2.75, 3.05) is 7.11 Å². The molecule has 0 fully saturated rings. The van der Waals surface area contributed by atoms with Crippen LogP contribution in [0.4, 0.5) is 0 Å². The van der Waals surface area contributed by atoms with Gasteiger partial charge in [-0.05, 0) is 25.5 Å². The van der Waals surface area contributed by atoms with Crippen molar-refractivity contribution in [3.8, 4) is 0 Å². The molecule has 4 heteroatoms. The Labute approximate surface area is 96.0 Å². The van der Waals surface area contributed by atoms with Gasteiger partial charge in [-0.15, -0.1) is 0 Å². The summed E-state index contributed by atoms with van der Waals surface area (Å²) in [5.41, 5.74) is 1.11. The number of methoxy groups -OCH3 is 1. The van der Waals surface area contributed by atoms with Gasteiger partial charge < -0.3 is 10.1 Å². The fraction of sp³-hybridized carbons (Fsp3) is 0.500. The van der Waals surface area contributed by atoms with Crippen molar-refractivity contribution in [3.05, 3.63) is 30.1 Å². The van der Waals surface area contributed by atoms with Gasteiger partial charge in [0.1, 0.15) is 0 Å². The summed E-state index contributed by atoms with van der Waals surface area (Å²) < 4.78 is 4.62. The summed E-state index contributed by atoms with van der Waals surface area (Å²) in [5, 5.41) is 3.32. The number of ether oxygens (including phenoxy) is 1. The zero-order valence-corrected chi connectivity index (χ0v) is 9.93. The van der Waals surface area contributed by atoms with Crippen molar-refractivity contribution in [1.29, 1.82) is 0 Å². The van der Waals surface area contributed by atoms with E-state index < -0.39 is 0 Å². The van der Waals surface area contributed by atoms with Crippen LogP contribution in [0.2, 0.25) is 0 Å². The van der Waals surface area contributed by atoms with Gasteiger partial charge >= 0.3 is 5.97 Å². The highest BCUT2D eigenvalue weighted by Crippen LogP contribution is 2.11. The lowest BCUT2D eigenvalue weighted by atomic mass is 10.1. The molecule has 0 aromatic carbocycles. The second-order valence-electron chi connectivity index (χ2n) is 3.86. The van der Waals surface area contributed by atoms with Crippen molar-refractivity contribution in [2.24, 2.45) is 0 Å². The van der Waals surface area contributed by atoms with Crippen LogP contribution in [0, 0.1) is 0 Å². The fourth-order valence-electron chi connectivity index (χ4n) is 1.55. The average molecular weight is 222 g/mol. The van der Waals surface area contributed by atoms with E-state index in [4.69, 9.17) is 0 Å². The van der Waals surface area contributed by atoms with E-state index in [1.807, 2.05) is 32.2 Å². The maximum atomic E-state index is 11.1. The van der Waals surface area contributed by atoms with E-state index in [2.05, 4.69) is 15.0 Å². The molecular formula is C12H18N2O2. The Morgan fingerprint density at radius 2 is 2.31 bits per heavy atom. The molecule has 1 N–H and O–H groups in total. The van der Waals surface area contributed by atoms with Crippen LogP contribution in [0.5, 0.6) is 0 Å². The molecule has 1 unspecified atom stereocenters. The molecule has 0 saturated heterocycles. The van der Waals surface area contributed by atoms with Crippen molar-refractivity contribution in [1.82, 2.24) is 10.3 Å². The largest absolute Gasteiger partial charge is 0.469 e. The monoisotopic (exact) mass is 222 g/mol. The first kappa shape index (κ1) is 12.6. The molecule has 1 aromatic heterocycles. The molecule has 1 aromatic rings. The van der Waals surface area contributed by atoms with Crippen molar-refractivity contribution < 1.29 is 9.53 Å². The highest BCUT2D eigenvalue weighted by molar-refractivity contribution is 5.69. The summed E-state index contributed by atoms with van der Waals surface area (Å²) in [7, 11) is 1.40. The van der Waals surface area contributed by atoms with Crippen LogP contribution in [0.3, 0.4) is 0 Å². The zero-order valence-electron chi connectivity index (χ0n) is 9.93. The summed E-state index contributed by atoms with van der Waals surface area (Å²) in [6.45, 7) is 4.01. The number of aromatic nitrogens is 1. The summed E-state index contributed by atoms with van der Waals surface area (Å²) in [5.74, 6) is -0.196. The SMILES string of the molecule is COC(=O)CC(C)N[C@@H](C)c1cccnc1. The molecule has 0 aliphatic rings. The van der Waals surface area contributed by atoms with Crippen LogP contribution < -0.4 is 5.32 Å². The Kier molecular flexibility index (Phi) is 4.92. The second kappa shape index (κ2) is 6.23. The third-order valence-electron chi connectivity index (χ3n) is 2.42. The molecule has 0 saturated carbocycles. The highest BCUT2D eigenvalue weighted by Gasteiger charge is 2.12. The van der Waals surface area contributed by atoms with Gasteiger partial charge in [0.15, 0.2) is 0 Å². The zero-order chi connectivity index (χ0) is 12.0. The first-order valence-corrected chi connectivity index (χ1v) is 5.36. The van der Waals surface area contributed by atoms with E-state index >= 15 is 0 Å². The minimum absolute atomic E-state index is 0.0858. The Hall–Kier alpha value is -1.42. The number of nitrogens with zero attached hydrogens (tertiary/aromatic N) is 1. The van der Waals surface area contributed by atoms with Crippen LogP contribution in [0.1, 0.15) is 31.9 Å². The van der Waals surface area contributed by atoms with Gasteiger partial charge in [0.05, 0.1) is 13.5 Å². The van der Waals surface area contributed by atoms with Crippen molar-refractivity contribution in [3.63, 3.8) is 0 Å². The molecule has 0 spiro atoms. The van der Waals surface area contributed by atoms with Crippen LogP contribution in [0.25, 0.3) is 0 Å². The molecule has 88 valence electrons. The summed E-state index contributed by atoms with van der Waals surface area (Å²) in [6.07, 6.45) is 3.94. The topological polar surface area (TPSA) is 51.2 Å². The normalized spacial score (nSPS) is 14.2. The average Bonchev–Trinajstić information content (AvgIpc) is 2.29. The molecular weight excluding hydrogens is 204 g/mol. The van der Waals surface area contributed by atoms with Gasteiger partial charge in [0.25, 0.3) is 0 Å². The minimum atomic E-state index is -0.196. The number of carbonyl (C=O) groups excluding carboxylic acids is 1. The lowest BCUT2D eigenvalue weighted by Crippen LogP contribution is -2.31. The molecule has 0 bridgehead atoms. The number of carbonyl (C=O) groups is 1. The summed E-state index contributed by atoms with van der Waals surface area (Å²) >= 11 is 0. The molecule has 0 radical (unpaired) electrons. The smallest absolute Gasteiger partial charge is 0.307 e. The van der Waals surface area contributed by atoms with E-state index in [1.165, 1.54) is 7.11 Å². The molecule has 2 atom stereocenters. The van der Waals surface area contributed by atoms with Gasteiger partial charge in [0.2, 0.25) is 0 Å². The number of hydrogen-bond acceptors (Lipinski definition) is 4. The van der Waals surface area contributed by atoms with Crippen LogP contribution in [0.15, 0.2) is 24.5 Å². The highest BCUT2D eigenvalue weighted by atomic mass is 16.5. The second-order valence-corrected chi connectivity index (χ2v) is 3.86. The van der Waals surface area contributed by atoms with Crippen molar-refractivity contribution in [2.45, 2.75) is 32.4 Å². The number of esters is 1. The van der Waals surface area contributed by atoms with Crippen molar-refractivity contribution >= 4 is 5.97 Å². The quantitative estimate of drug-likeness (QED) is 0.770. The third kappa shape index (κ3) is 3.98. The van der Waals surface area contributed by atoms with Gasteiger partial charge in [-0.3, -0.25) is 9.78 Å². The standard InChI is InChI=1S/C12H18N2O2/c1-9(7-12(15)16-3)14-10(2)11-5-4-6-13-8-11/h4-6,8-10,14H,7H2,1-3H3/t9?,10-/m0/s1. The summed E-state index contributed by atoms with van der Waals surface area (Å²) in [4.78, 5) is 15.1. The van der Waals surface area contributed by atoms with E-state index in [1.54, 1.807) is 6.20 Å². The van der Waals surface area contributed by atoms with E-state index in [0.717, 1.165) is 5.56 Å². The first-order chi connectivity index (χ1) is 7.63. The molecule has 1 heterocycles. The molecule has 0 aliphatic heterocycles. The maximum Gasteiger partial charge on any atom is 0.307 e. The fourth-order valence-corrected chi connectivity index (χ4v) is 1.55. The number of pyridine rings is 1.